The zero-order chi connectivity index (χ0) is 17.2. The maximum Gasteiger partial charge on any atom is 0.437 e. The molecule has 1 unspecified atom stereocenters. The summed E-state index contributed by atoms with van der Waals surface area (Å²) in [4.78, 5) is 22.0. The Hall–Kier alpha value is -1.74. The lowest BCUT2D eigenvalue weighted by molar-refractivity contribution is -0.381. The first kappa shape index (κ1) is 18.3. The Morgan fingerprint density at radius 3 is 2.00 bits per heavy atom. The van der Waals surface area contributed by atoms with E-state index >= 15 is 0 Å². The van der Waals surface area contributed by atoms with E-state index in [0.29, 0.717) is 6.42 Å². The van der Waals surface area contributed by atoms with Gasteiger partial charge in [0, 0.05) is 12.4 Å². The summed E-state index contributed by atoms with van der Waals surface area (Å²) in [7, 11) is 0. The van der Waals surface area contributed by atoms with Crippen LogP contribution in [0.15, 0.2) is 12.2 Å². The fourth-order valence-electron chi connectivity index (χ4n) is 1.98. The number of carboxylic acids is 1. The summed E-state index contributed by atoms with van der Waals surface area (Å²) in [6.45, 7) is 0. The first-order chi connectivity index (χ1) is 9.91. The standard InChI is InChI=1S/C12H12F6O4/c13-11(14,15)10(6-8(19)20,12(16,17)18)22-9(21)7-4-2-1-3-5-7/h1-2,7H,3-6H2,(H,19,20)/p-1. The molecule has 0 saturated carbocycles. The van der Waals surface area contributed by atoms with Gasteiger partial charge >= 0.3 is 23.9 Å². The molecule has 0 aromatic heterocycles. The average Bonchev–Trinajstić information content (AvgIpc) is 2.35. The lowest BCUT2D eigenvalue weighted by Gasteiger charge is -2.37. The van der Waals surface area contributed by atoms with E-state index in [0.717, 1.165) is 0 Å². The number of ether oxygens (including phenoxy) is 1. The number of carbonyl (C=O) groups excluding carboxylic acids is 2. The van der Waals surface area contributed by atoms with Gasteiger partial charge in [-0.1, -0.05) is 12.2 Å². The molecule has 0 radical (unpaired) electrons. The van der Waals surface area contributed by atoms with Gasteiger partial charge in [-0.05, 0) is 19.3 Å². The van der Waals surface area contributed by atoms with Gasteiger partial charge in [0.15, 0.2) is 0 Å². The second kappa shape index (κ2) is 6.17. The highest BCUT2D eigenvalue weighted by Crippen LogP contribution is 2.48. The van der Waals surface area contributed by atoms with Gasteiger partial charge in [-0.15, -0.1) is 0 Å². The topological polar surface area (TPSA) is 66.4 Å². The van der Waals surface area contributed by atoms with Crippen molar-refractivity contribution in [3.63, 3.8) is 0 Å². The van der Waals surface area contributed by atoms with Crippen molar-refractivity contribution in [3.05, 3.63) is 12.2 Å². The number of hydrogen-bond donors (Lipinski definition) is 0. The molecule has 4 nitrogen and oxygen atoms in total. The summed E-state index contributed by atoms with van der Waals surface area (Å²) >= 11 is 0. The molecule has 1 aliphatic rings. The summed E-state index contributed by atoms with van der Waals surface area (Å²) < 4.78 is 80.8. The Morgan fingerprint density at radius 2 is 1.64 bits per heavy atom. The van der Waals surface area contributed by atoms with Gasteiger partial charge in [0.2, 0.25) is 0 Å². The van der Waals surface area contributed by atoms with Gasteiger partial charge < -0.3 is 14.6 Å². The van der Waals surface area contributed by atoms with E-state index in [9.17, 15) is 41.0 Å². The number of carboxylic acid groups (broad SMARTS) is 1. The number of esters is 1. The van der Waals surface area contributed by atoms with Gasteiger partial charge in [-0.2, -0.15) is 26.3 Å². The maximum absolute atomic E-state index is 12.9. The normalized spacial score (nSPS) is 19.8. The van der Waals surface area contributed by atoms with Crippen molar-refractivity contribution in [2.45, 2.75) is 43.6 Å². The number of hydrogen-bond acceptors (Lipinski definition) is 4. The van der Waals surface area contributed by atoms with Crippen molar-refractivity contribution in [3.8, 4) is 0 Å². The van der Waals surface area contributed by atoms with Crippen molar-refractivity contribution in [2.75, 3.05) is 0 Å². The molecule has 0 N–H and O–H groups in total. The number of aliphatic carboxylic acids is 1. The highest BCUT2D eigenvalue weighted by Gasteiger charge is 2.74. The van der Waals surface area contributed by atoms with E-state index < -0.39 is 42.2 Å². The van der Waals surface area contributed by atoms with Crippen LogP contribution < -0.4 is 5.11 Å². The Bertz CT molecular complexity index is 451. The quantitative estimate of drug-likeness (QED) is 0.448. The molecule has 1 atom stereocenters. The largest absolute Gasteiger partial charge is 0.550 e. The van der Waals surface area contributed by atoms with Crippen LogP contribution in [0.5, 0.6) is 0 Å². The molecule has 1 rings (SSSR count). The van der Waals surface area contributed by atoms with Crippen molar-refractivity contribution in [1.29, 1.82) is 0 Å². The lowest BCUT2D eigenvalue weighted by atomic mass is 9.93. The third-order valence-electron chi connectivity index (χ3n) is 3.19. The first-order valence-electron chi connectivity index (χ1n) is 6.12. The van der Waals surface area contributed by atoms with Crippen LogP contribution in [-0.4, -0.2) is 29.9 Å². The molecular formula is C12H11F6O4-. The Labute approximate surface area is 120 Å². The van der Waals surface area contributed by atoms with Crippen molar-refractivity contribution in [1.82, 2.24) is 0 Å². The SMILES string of the molecule is O=C([O-])CC(OC(=O)C1CC=CCC1)(C(F)(F)F)C(F)(F)F. The number of allylic oxidation sites excluding steroid dienone is 2. The van der Waals surface area contributed by atoms with Crippen molar-refractivity contribution < 1.29 is 45.8 Å². The smallest absolute Gasteiger partial charge is 0.437 e. The van der Waals surface area contributed by atoms with Gasteiger partial charge in [0.25, 0.3) is 0 Å². The monoisotopic (exact) mass is 333 g/mol. The molecule has 1 aliphatic carbocycles. The minimum atomic E-state index is -6.15. The van der Waals surface area contributed by atoms with E-state index in [2.05, 4.69) is 4.74 Å². The third kappa shape index (κ3) is 3.72. The molecule has 22 heavy (non-hydrogen) atoms. The average molecular weight is 333 g/mol. The van der Waals surface area contributed by atoms with E-state index in [1.54, 1.807) is 6.08 Å². The summed E-state index contributed by atoms with van der Waals surface area (Å²) in [6, 6.07) is 0. The van der Waals surface area contributed by atoms with Crippen LogP contribution in [0.2, 0.25) is 0 Å². The Kier molecular flexibility index (Phi) is 5.14. The van der Waals surface area contributed by atoms with Crippen LogP contribution in [0.1, 0.15) is 25.7 Å². The summed E-state index contributed by atoms with van der Waals surface area (Å²) in [5, 5.41) is 10.4. The van der Waals surface area contributed by atoms with E-state index in [-0.39, 0.29) is 12.8 Å². The van der Waals surface area contributed by atoms with E-state index in [1.807, 2.05) is 0 Å². The maximum atomic E-state index is 12.9. The Balaban J connectivity index is 3.16. The summed E-state index contributed by atoms with van der Waals surface area (Å²) in [5.74, 6) is -5.55. The summed E-state index contributed by atoms with van der Waals surface area (Å²) in [6.07, 6.45) is -11.6. The fraction of sp³-hybridized carbons (Fsp3) is 0.667. The predicted molar refractivity (Wildman–Crippen MR) is 57.0 cm³/mol. The van der Waals surface area contributed by atoms with Gasteiger partial charge in [0.05, 0.1) is 5.92 Å². The van der Waals surface area contributed by atoms with Crippen LogP contribution in [0.25, 0.3) is 0 Å². The third-order valence-corrected chi connectivity index (χ3v) is 3.19. The minimum Gasteiger partial charge on any atom is -0.550 e. The number of halogens is 6. The predicted octanol–water partition coefficient (Wildman–Crippen LogP) is 1.89. The minimum absolute atomic E-state index is 0.0203. The van der Waals surface area contributed by atoms with Crippen LogP contribution in [0, 0.1) is 5.92 Å². The highest BCUT2D eigenvalue weighted by molar-refractivity contribution is 5.75. The second-order valence-corrected chi connectivity index (χ2v) is 4.77. The Morgan fingerprint density at radius 1 is 1.09 bits per heavy atom. The lowest BCUT2D eigenvalue weighted by Crippen LogP contribution is -2.62. The van der Waals surface area contributed by atoms with Gasteiger partial charge in [0.1, 0.15) is 0 Å². The van der Waals surface area contributed by atoms with Gasteiger partial charge in [-0.25, -0.2) is 0 Å². The molecule has 0 spiro atoms. The molecule has 0 amide bonds. The van der Waals surface area contributed by atoms with Crippen molar-refractivity contribution >= 4 is 11.9 Å². The molecule has 0 aromatic carbocycles. The fourth-order valence-corrected chi connectivity index (χ4v) is 1.98. The number of alkyl halides is 6. The molecule has 10 heteroatoms. The molecule has 0 bridgehead atoms. The first-order valence-corrected chi connectivity index (χ1v) is 6.12. The highest BCUT2D eigenvalue weighted by atomic mass is 19.4. The van der Waals surface area contributed by atoms with Crippen LogP contribution >= 0.6 is 0 Å². The molecule has 0 heterocycles. The van der Waals surface area contributed by atoms with Crippen molar-refractivity contribution in [2.24, 2.45) is 5.92 Å². The summed E-state index contributed by atoms with van der Waals surface area (Å²) in [5.41, 5.74) is -5.11. The number of carbonyl (C=O) groups is 2. The van der Waals surface area contributed by atoms with Crippen LogP contribution in [0.4, 0.5) is 26.3 Å². The number of rotatable bonds is 4. The molecular weight excluding hydrogens is 322 g/mol. The zero-order valence-electron chi connectivity index (χ0n) is 11.0. The van der Waals surface area contributed by atoms with Crippen LogP contribution in [-0.2, 0) is 14.3 Å². The molecule has 0 fully saturated rings. The molecule has 0 aliphatic heterocycles. The second-order valence-electron chi connectivity index (χ2n) is 4.77. The van der Waals surface area contributed by atoms with E-state index in [1.165, 1.54) is 6.08 Å². The van der Waals surface area contributed by atoms with Gasteiger partial charge in [-0.3, -0.25) is 4.79 Å². The zero-order valence-corrected chi connectivity index (χ0v) is 11.0. The molecule has 0 aromatic rings. The van der Waals surface area contributed by atoms with E-state index in [4.69, 9.17) is 0 Å². The molecule has 0 saturated heterocycles. The molecule has 126 valence electrons. The van der Waals surface area contributed by atoms with Crippen LogP contribution in [0.3, 0.4) is 0 Å².